The molecule has 9 heavy (non-hydrogen) atoms. The Morgan fingerprint density at radius 2 is 2.22 bits per heavy atom. The molecule has 0 heterocycles. The van der Waals surface area contributed by atoms with Gasteiger partial charge in [-0.3, -0.25) is 0 Å². The molecule has 0 aromatic rings. The van der Waals surface area contributed by atoms with E-state index in [1.807, 2.05) is 6.92 Å². The van der Waals surface area contributed by atoms with Crippen LogP contribution in [0.25, 0.3) is 0 Å². The van der Waals surface area contributed by atoms with E-state index in [1.165, 1.54) is 19.3 Å². The highest BCUT2D eigenvalue weighted by Gasteiger charge is 2.16. The predicted octanol–water partition coefficient (Wildman–Crippen LogP) is 1.55. The van der Waals surface area contributed by atoms with Crippen LogP contribution < -0.4 is 0 Å². The van der Waals surface area contributed by atoms with E-state index in [2.05, 4.69) is 0 Å². The molecular weight excluding hydrogens is 116 g/mol. The van der Waals surface area contributed by atoms with Crippen molar-refractivity contribution in [3.8, 4) is 0 Å². The molecule has 1 saturated carbocycles. The molecule has 0 aliphatic heterocycles. The van der Waals surface area contributed by atoms with Gasteiger partial charge in [-0.2, -0.15) is 0 Å². The van der Waals surface area contributed by atoms with Crippen molar-refractivity contribution in [2.24, 2.45) is 0 Å². The Balaban J connectivity index is 1.80. The maximum atomic E-state index is 5.30. The molecule has 1 aliphatic carbocycles. The Hall–Kier alpha value is -0.0800. The van der Waals surface area contributed by atoms with E-state index in [9.17, 15) is 0 Å². The summed E-state index contributed by atoms with van der Waals surface area (Å²) in [7, 11) is 0. The number of hydrogen-bond donors (Lipinski definition) is 0. The molecule has 0 aromatic heterocycles. The van der Waals surface area contributed by atoms with Crippen LogP contribution in [0.2, 0.25) is 0 Å². The van der Waals surface area contributed by atoms with Gasteiger partial charge in [0.25, 0.3) is 0 Å². The third-order valence-corrected chi connectivity index (χ3v) is 1.64. The van der Waals surface area contributed by atoms with Gasteiger partial charge in [0.05, 0.1) is 6.10 Å². The van der Waals surface area contributed by atoms with Gasteiger partial charge in [-0.1, -0.05) is 0 Å². The summed E-state index contributed by atoms with van der Waals surface area (Å²) >= 11 is 0. The summed E-state index contributed by atoms with van der Waals surface area (Å²) in [5.41, 5.74) is 0. The van der Waals surface area contributed by atoms with E-state index < -0.39 is 0 Å². The maximum Gasteiger partial charge on any atom is 0.147 e. The summed E-state index contributed by atoms with van der Waals surface area (Å²) < 4.78 is 10.3. The van der Waals surface area contributed by atoms with E-state index in [4.69, 9.17) is 9.47 Å². The zero-order valence-corrected chi connectivity index (χ0v) is 5.93. The fourth-order valence-corrected chi connectivity index (χ4v) is 0.765. The lowest BCUT2D eigenvalue weighted by molar-refractivity contribution is -0.108. The average molecular weight is 130 g/mol. The van der Waals surface area contributed by atoms with Crippen LogP contribution in [-0.2, 0) is 9.47 Å². The van der Waals surface area contributed by atoms with Crippen molar-refractivity contribution in [2.75, 3.05) is 13.4 Å². The second kappa shape index (κ2) is 3.85. The molecule has 0 atom stereocenters. The molecule has 0 unspecified atom stereocenters. The lowest BCUT2D eigenvalue weighted by Crippen LogP contribution is -2.22. The van der Waals surface area contributed by atoms with Crippen molar-refractivity contribution >= 4 is 0 Å². The minimum Gasteiger partial charge on any atom is -0.356 e. The van der Waals surface area contributed by atoms with Crippen molar-refractivity contribution in [3.63, 3.8) is 0 Å². The molecule has 0 amide bonds. The molecule has 54 valence electrons. The third-order valence-electron chi connectivity index (χ3n) is 1.64. The fraction of sp³-hybridized carbons (Fsp3) is 1.00. The van der Waals surface area contributed by atoms with Gasteiger partial charge in [-0.05, 0) is 26.2 Å². The second-order valence-electron chi connectivity index (χ2n) is 2.33. The van der Waals surface area contributed by atoms with E-state index >= 15 is 0 Å². The van der Waals surface area contributed by atoms with Crippen molar-refractivity contribution in [2.45, 2.75) is 32.3 Å². The largest absolute Gasteiger partial charge is 0.356 e. The topological polar surface area (TPSA) is 18.5 Å². The van der Waals surface area contributed by atoms with Gasteiger partial charge in [0.2, 0.25) is 0 Å². The molecule has 0 bridgehead atoms. The smallest absolute Gasteiger partial charge is 0.147 e. The van der Waals surface area contributed by atoms with Crippen LogP contribution in [0.5, 0.6) is 0 Å². The Labute approximate surface area is 56.2 Å². The van der Waals surface area contributed by atoms with Gasteiger partial charge >= 0.3 is 0 Å². The molecule has 1 rings (SSSR count). The summed E-state index contributed by atoms with van der Waals surface area (Å²) in [6.45, 7) is 3.22. The molecule has 0 radical (unpaired) electrons. The van der Waals surface area contributed by atoms with Gasteiger partial charge in [0, 0.05) is 6.61 Å². The zero-order valence-electron chi connectivity index (χ0n) is 5.93. The first-order chi connectivity index (χ1) is 4.43. The first-order valence-corrected chi connectivity index (χ1v) is 3.63. The monoisotopic (exact) mass is 130 g/mol. The number of rotatable bonds is 4. The van der Waals surface area contributed by atoms with Crippen LogP contribution >= 0.6 is 0 Å². The predicted molar refractivity (Wildman–Crippen MR) is 35.2 cm³/mol. The summed E-state index contributed by atoms with van der Waals surface area (Å²) in [4.78, 5) is 0. The van der Waals surface area contributed by atoms with Crippen LogP contribution in [0.15, 0.2) is 0 Å². The molecular formula is C7H14O2. The highest BCUT2D eigenvalue weighted by Crippen LogP contribution is 2.21. The Bertz CT molecular complexity index is 69.3. The molecule has 0 spiro atoms. The molecule has 0 N–H and O–H groups in total. The minimum atomic E-state index is 0.487. The highest BCUT2D eigenvalue weighted by molar-refractivity contribution is 4.67. The van der Waals surface area contributed by atoms with Crippen LogP contribution in [-0.4, -0.2) is 19.5 Å². The van der Waals surface area contributed by atoms with Gasteiger partial charge in [-0.15, -0.1) is 0 Å². The first kappa shape index (κ1) is 7.03. The van der Waals surface area contributed by atoms with E-state index in [1.54, 1.807) is 0 Å². The third kappa shape index (κ3) is 2.33. The van der Waals surface area contributed by atoms with E-state index in [0.717, 1.165) is 6.61 Å². The van der Waals surface area contributed by atoms with E-state index in [-0.39, 0.29) is 0 Å². The molecule has 1 aliphatic rings. The lowest BCUT2D eigenvalue weighted by atomic mass is 9.96. The number of ether oxygens (including phenoxy) is 2. The van der Waals surface area contributed by atoms with Crippen LogP contribution in [0.1, 0.15) is 26.2 Å². The van der Waals surface area contributed by atoms with Crippen molar-refractivity contribution in [1.82, 2.24) is 0 Å². The quantitative estimate of drug-likeness (QED) is 0.424. The average Bonchev–Trinajstić information content (AvgIpc) is 1.76. The first-order valence-electron chi connectivity index (χ1n) is 3.63. The summed E-state index contributed by atoms with van der Waals surface area (Å²) in [6, 6.07) is 0. The zero-order chi connectivity index (χ0) is 6.53. The normalized spacial score (nSPS) is 19.7. The molecule has 2 nitrogen and oxygen atoms in total. The maximum absolute atomic E-state index is 5.30. The van der Waals surface area contributed by atoms with Gasteiger partial charge in [0.15, 0.2) is 0 Å². The second-order valence-corrected chi connectivity index (χ2v) is 2.33. The van der Waals surface area contributed by atoms with Gasteiger partial charge in [0.1, 0.15) is 6.79 Å². The van der Waals surface area contributed by atoms with Crippen molar-refractivity contribution in [3.05, 3.63) is 0 Å². The summed E-state index contributed by atoms with van der Waals surface area (Å²) in [5, 5.41) is 0. The van der Waals surface area contributed by atoms with Gasteiger partial charge < -0.3 is 9.47 Å². The summed E-state index contributed by atoms with van der Waals surface area (Å²) in [6.07, 6.45) is 4.30. The fourth-order valence-electron chi connectivity index (χ4n) is 0.765. The Kier molecular flexibility index (Phi) is 3.01. The van der Waals surface area contributed by atoms with E-state index in [0.29, 0.717) is 12.9 Å². The molecule has 2 heteroatoms. The SMILES string of the molecule is CCOCOC1CCC1. The van der Waals surface area contributed by atoms with Crippen LogP contribution in [0.4, 0.5) is 0 Å². The molecule has 0 saturated heterocycles. The van der Waals surface area contributed by atoms with Crippen LogP contribution in [0.3, 0.4) is 0 Å². The highest BCUT2D eigenvalue weighted by atomic mass is 16.7. The van der Waals surface area contributed by atoms with Crippen molar-refractivity contribution < 1.29 is 9.47 Å². The van der Waals surface area contributed by atoms with Gasteiger partial charge in [-0.25, -0.2) is 0 Å². The van der Waals surface area contributed by atoms with Crippen molar-refractivity contribution in [1.29, 1.82) is 0 Å². The Morgan fingerprint density at radius 1 is 1.44 bits per heavy atom. The lowest BCUT2D eigenvalue weighted by Gasteiger charge is -2.24. The number of hydrogen-bond acceptors (Lipinski definition) is 2. The summed E-state index contributed by atoms with van der Waals surface area (Å²) in [5.74, 6) is 0. The molecule has 0 aromatic carbocycles. The Morgan fingerprint density at radius 3 is 2.67 bits per heavy atom. The minimum absolute atomic E-state index is 0.487. The van der Waals surface area contributed by atoms with Crippen LogP contribution in [0, 0.1) is 0 Å². The molecule has 1 fully saturated rings. The standard InChI is InChI=1S/C7H14O2/c1-2-8-6-9-7-4-3-5-7/h7H,2-6H2,1H3.